The lowest BCUT2D eigenvalue weighted by Crippen LogP contribution is -2.37. The Kier molecular flexibility index (Phi) is 5.71. The Morgan fingerprint density at radius 1 is 1.11 bits per heavy atom. The number of halogens is 1. The summed E-state index contributed by atoms with van der Waals surface area (Å²) in [5, 5.41) is -0.377. The molecule has 0 radical (unpaired) electrons. The third kappa shape index (κ3) is 4.54. The average molecular weight is 280 g/mol. The number of carbonyl (C=O) groups is 1. The van der Waals surface area contributed by atoms with Gasteiger partial charge in [-0.2, -0.15) is 0 Å². The summed E-state index contributed by atoms with van der Waals surface area (Å²) in [6.45, 7) is 1.76. The van der Waals surface area contributed by atoms with Gasteiger partial charge < -0.3 is 4.90 Å². The highest BCUT2D eigenvalue weighted by Gasteiger charge is 2.22. The minimum atomic E-state index is -0.377. The van der Waals surface area contributed by atoms with Crippen LogP contribution in [0.5, 0.6) is 0 Å². The predicted molar refractivity (Wildman–Crippen MR) is 79.5 cm³/mol. The van der Waals surface area contributed by atoms with Crippen molar-refractivity contribution in [3.63, 3.8) is 0 Å². The van der Waals surface area contributed by atoms with Crippen molar-refractivity contribution < 1.29 is 4.79 Å². The molecule has 104 valence electrons. The van der Waals surface area contributed by atoms with Gasteiger partial charge in [0.05, 0.1) is 0 Å². The molecule has 0 N–H and O–H groups in total. The SMILES string of the molecule is O=C(C(Cl)CCc1ccccc1)N1CCCCCC1. The second-order valence-electron chi connectivity index (χ2n) is 5.23. The second-order valence-corrected chi connectivity index (χ2v) is 5.76. The third-order valence-electron chi connectivity index (χ3n) is 3.71. The topological polar surface area (TPSA) is 20.3 Å². The fraction of sp³-hybridized carbons (Fsp3) is 0.562. The fourth-order valence-corrected chi connectivity index (χ4v) is 2.80. The van der Waals surface area contributed by atoms with Gasteiger partial charge in [0.2, 0.25) is 5.91 Å². The normalized spacial score (nSPS) is 17.8. The largest absolute Gasteiger partial charge is 0.341 e. The van der Waals surface area contributed by atoms with Crippen LogP contribution in [0.4, 0.5) is 0 Å². The number of hydrogen-bond acceptors (Lipinski definition) is 1. The molecule has 3 heteroatoms. The molecule has 2 nitrogen and oxygen atoms in total. The van der Waals surface area contributed by atoms with Gasteiger partial charge in [-0.25, -0.2) is 0 Å². The van der Waals surface area contributed by atoms with Crippen LogP contribution in [0.3, 0.4) is 0 Å². The van der Waals surface area contributed by atoms with Crippen LogP contribution in [0, 0.1) is 0 Å². The van der Waals surface area contributed by atoms with Gasteiger partial charge in [-0.15, -0.1) is 11.6 Å². The second kappa shape index (κ2) is 7.54. The van der Waals surface area contributed by atoms with Crippen molar-refractivity contribution in [3.8, 4) is 0 Å². The smallest absolute Gasteiger partial charge is 0.240 e. The van der Waals surface area contributed by atoms with E-state index in [0.717, 1.165) is 38.8 Å². The summed E-state index contributed by atoms with van der Waals surface area (Å²) in [7, 11) is 0. The van der Waals surface area contributed by atoms with Gasteiger partial charge in [-0.1, -0.05) is 43.2 Å². The van der Waals surface area contributed by atoms with Crippen LogP contribution in [-0.4, -0.2) is 29.3 Å². The van der Waals surface area contributed by atoms with E-state index < -0.39 is 0 Å². The predicted octanol–water partition coefficient (Wildman–Crippen LogP) is 3.63. The van der Waals surface area contributed by atoms with Crippen molar-refractivity contribution in [3.05, 3.63) is 35.9 Å². The molecule has 1 heterocycles. The highest BCUT2D eigenvalue weighted by atomic mass is 35.5. The minimum absolute atomic E-state index is 0.125. The van der Waals surface area contributed by atoms with Crippen LogP contribution in [-0.2, 0) is 11.2 Å². The molecular weight excluding hydrogens is 258 g/mol. The van der Waals surface area contributed by atoms with Gasteiger partial charge in [0.1, 0.15) is 5.38 Å². The summed E-state index contributed by atoms with van der Waals surface area (Å²) in [6, 6.07) is 10.2. The van der Waals surface area contributed by atoms with Gasteiger partial charge in [-0.05, 0) is 31.2 Å². The van der Waals surface area contributed by atoms with E-state index in [4.69, 9.17) is 11.6 Å². The molecule has 1 atom stereocenters. The van der Waals surface area contributed by atoms with E-state index in [1.165, 1.54) is 18.4 Å². The van der Waals surface area contributed by atoms with Gasteiger partial charge in [0.25, 0.3) is 0 Å². The summed E-state index contributed by atoms with van der Waals surface area (Å²) >= 11 is 6.28. The van der Waals surface area contributed by atoms with E-state index in [1.54, 1.807) is 0 Å². The van der Waals surface area contributed by atoms with Crippen LogP contribution in [0.2, 0.25) is 0 Å². The first-order valence-corrected chi connectivity index (χ1v) is 7.68. The van der Waals surface area contributed by atoms with E-state index >= 15 is 0 Å². The molecule has 1 unspecified atom stereocenters. The van der Waals surface area contributed by atoms with E-state index in [1.807, 2.05) is 23.1 Å². The monoisotopic (exact) mass is 279 g/mol. The molecule has 0 saturated carbocycles. The lowest BCUT2D eigenvalue weighted by molar-refractivity contribution is -0.130. The lowest BCUT2D eigenvalue weighted by atomic mass is 10.1. The number of hydrogen-bond donors (Lipinski definition) is 0. The average Bonchev–Trinajstić information content (AvgIpc) is 2.74. The van der Waals surface area contributed by atoms with Crippen LogP contribution in [0.1, 0.15) is 37.7 Å². The summed E-state index contributed by atoms with van der Waals surface area (Å²) < 4.78 is 0. The Morgan fingerprint density at radius 2 is 1.74 bits per heavy atom. The molecule has 2 rings (SSSR count). The molecule has 0 aliphatic carbocycles. The van der Waals surface area contributed by atoms with E-state index in [-0.39, 0.29) is 11.3 Å². The van der Waals surface area contributed by atoms with Crippen molar-refractivity contribution in [2.75, 3.05) is 13.1 Å². The van der Waals surface area contributed by atoms with E-state index in [2.05, 4.69) is 12.1 Å². The first kappa shape index (κ1) is 14.4. The Hall–Kier alpha value is -1.02. The van der Waals surface area contributed by atoms with Gasteiger partial charge in [0.15, 0.2) is 0 Å². The van der Waals surface area contributed by atoms with Gasteiger partial charge >= 0.3 is 0 Å². The summed E-state index contributed by atoms with van der Waals surface area (Å²) in [5.74, 6) is 0.125. The first-order chi connectivity index (χ1) is 9.27. The molecule has 1 aromatic rings. The summed E-state index contributed by atoms with van der Waals surface area (Å²) in [5.41, 5.74) is 1.25. The molecule has 0 aromatic heterocycles. The Labute approximate surface area is 120 Å². The zero-order valence-corrected chi connectivity index (χ0v) is 12.1. The summed E-state index contributed by atoms with van der Waals surface area (Å²) in [6.07, 6.45) is 6.30. The standard InChI is InChI=1S/C16H22ClNO/c17-15(11-10-14-8-4-3-5-9-14)16(19)18-12-6-1-2-7-13-18/h3-5,8-9,15H,1-2,6-7,10-13H2. The van der Waals surface area contributed by atoms with E-state index in [9.17, 15) is 4.79 Å². The first-order valence-electron chi connectivity index (χ1n) is 7.24. The number of alkyl halides is 1. The highest BCUT2D eigenvalue weighted by molar-refractivity contribution is 6.30. The third-order valence-corrected chi connectivity index (χ3v) is 4.12. The molecule has 0 spiro atoms. The maximum atomic E-state index is 12.3. The zero-order valence-electron chi connectivity index (χ0n) is 11.4. The molecule has 1 amide bonds. The quantitative estimate of drug-likeness (QED) is 0.771. The number of aryl methyl sites for hydroxylation is 1. The molecule has 1 aliphatic rings. The number of rotatable bonds is 4. The highest BCUT2D eigenvalue weighted by Crippen LogP contribution is 2.16. The van der Waals surface area contributed by atoms with Crippen LogP contribution >= 0.6 is 11.6 Å². The van der Waals surface area contributed by atoms with E-state index in [0.29, 0.717) is 0 Å². The van der Waals surface area contributed by atoms with Crippen molar-refractivity contribution >= 4 is 17.5 Å². The molecule has 1 fully saturated rings. The van der Waals surface area contributed by atoms with Crippen molar-refractivity contribution in [2.24, 2.45) is 0 Å². The van der Waals surface area contributed by atoms with Gasteiger partial charge in [-0.3, -0.25) is 4.79 Å². The Morgan fingerprint density at radius 3 is 2.37 bits per heavy atom. The van der Waals surface area contributed by atoms with Gasteiger partial charge in [0, 0.05) is 13.1 Å². The van der Waals surface area contributed by atoms with Crippen molar-refractivity contribution in [1.82, 2.24) is 4.90 Å². The summed E-state index contributed by atoms with van der Waals surface area (Å²) in [4.78, 5) is 14.2. The molecule has 1 aromatic carbocycles. The maximum absolute atomic E-state index is 12.3. The zero-order chi connectivity index (χ0) is 13.5. The number of likely N-dealkylation sites (tertiary alicyclic amines) is 1. The van der Waals surface area contributed by atoms with Crippen LogP contribution in [0.25, 0.3) is 0 Å². The Bertz CT molecular complexity index is 385. The number of benzene rings is 1. The molecule has 1 aliphatic heterocycles. The number of carbonyl (C=O) groups excluding carboxylic acids is 1. The maximum Gasteiger partial charge on any atom is 0.240 e. The molecule has 0 bridgehead atoms. The Balaban J connectivity index is 1.81. The fourth-order valence-electron chi connectivity index (χ4n) is 2.55. The molecule has 1 saturated heterocycles. The minimum Gasteiger partial charge on any atom is -0.341 e. The number of nitrogens with zero attached hydrogens (tertiary/aromatic N) is 1. The van der Waals surface area contributed by atoms with Crippen LogP contribution < -0.4 is 0 Å². The number of amides is 1. The van der Waals surface area contributed by atoms with Crippen LogP contribution in [0.15, 0.2) is 30.3 Å². The molecule has 19 heavy (non-hydrogen) atoms. The van der Waals surface area contributed by atoms with Crippen molar-refractivity contribution in [1.29, 1.82) is 0 Å². The lowest BCUT2D eigenvalue weighted by Gasteiger charge is -2.23. The van der Waals surface area contributed by atoms with Crippen molar-refractivity contribution in [2.45, 2.75) is 43.9 Å². The molecular formula is C16H22ClNO.